The minimum absolute atomic E-state index is 0.101. The topological polar surface area (TPSA) is 119 Å². The molecule has 1 amide bonds. The third kappa shape index (κ3) is 6.62. The molecule has 1 saturated carbocycles. The molecular weight excluding hydrogens is 718 g/mol. The van der Waals surface area contributed by atoms with Crippen molar-refractivity contribution in [2.24, 2.45) is 11.3 Å². The van der Waals surface area contributed by atoms with Crippen LogP contribution in [0.15, 0.2) is 24.3 Å². The number of carbonyl (C=O) groups excluding carboxylic acids is 1. The first kappa shape index (κ1) is 36.0. The molecule has 0 radical (unpaired) electrons. The van der Waals surface area contributed by atoms with E-state index in [2.05, 4.69) is 14.9 Å². The molecule has 0 spiro atoms. The van der Waals surface area contributed by atoms with Gasteiger partial charge in [0.2, 0.25) is 11.8 Å². The average molecular weight is 760 g/mol. The van der Waals surface area contributed by atoms with Crippen molar-refractivity contribution in [3.63, 3.8) is 0 Å². The Hall–Kier alpha value is -3.95. The van der Waals surface area contributed by atoms with E-state index in [1.807, 2.05) is 36.6 Å². The Bertz CT molecular complexity index is 1970. The van der Waals surface area contributed by atoms with Crippen LogP contribution in [0.2, 0.25) is 5.02 Å². The highest BCUT2D eigenvalue weighted by molar-refractivity contribution is 6.32. The molecule has 53 heavy (non-hydrogen) atoms. The van der Waals surface area contributed by atoms with Gasteiger partial charge in [-0.05, 0) is 56.7 Å². The van der Waals surface area contributed by atoms with Gasteiger partial charge in [0.1, 0.15) is 28.5 Å². The van der Waals surface area contributed by atoms with Gasteiger partial charge in [-0.15, -0.1) is 0 Å². The molecule has 1 aliphatic carbocycles. The number of rotatable bonds is 8. The van der Waals surface area contributed by atoms with E-state index in [-0.39, 0.29) is 64.4 Å². The lowest BCUT2D eigenvalue weighted by molar-refractivity contribution is -0.137. The van der Waals surface area contributed by atoms with Gasteiger partial charge in [0.15, 0.2) is 5.82 Å². The van der Waals surface area contributed by atoms with Crippen LogP contribution in [0, 0.1) is 17.2 Å². The highest BCUT2D eigenvalue weighted by Gasteiger charge is 2.53. The normalized spacial score (nSPS) is 25.2. The number of fused-ring (bicyclic) bond motifs is 5. The lowest BCUT2D eigenvalue weighted by atomic mass is 9.97. The number of anilines is 2. The Labute approximate surface area is 309 Å². The van der Waals surface area contributed by atoms with Crippen molar-refractivity contribution in [2.45, 2.75) is 76.9 Å². The van der Waals surface area contributed by atoms with E-state index in [4.69, 9.17) is 36.5 Å². The lowest BCUT2D eigenvalue weighted by Gasteiger charge is -2.48. The molecule has 11 nitrogen and oxygen atoms in total. The summed E-state index contributed by atoms with van der Waals surface area (Å²) in [6.07, 6.45) is 1.19. The molecule has 16 heteroatoms. The summed E-state index contributed by atoms with van der Waals surface area (Å²) in [6, 6.07) is 0.968. The van der Waals surface area contributed by atoms with E-state index in [0.717, 1.165) is 51.0 Å². The van der Waals surface area contributed by atoms with E-state index in [1.54, 1.807) is 6.08 Å². The van der Waals surface area contributed by atoms with Gasteiger partial charge in [-0.3, -0.25) is 9.69 Å². The van der Waals surface area contributed by atoms with Crippen LogP contribution in [0.5, 0.6) is 11.9 Å². The predicted molar refractivity (Wildman–Crippen MR) is 190 cm³/mol. The zero-order valence-corrected chi connectivity index (χ0v) is 30.5. The summed E-state index contributed by atoms with van der Waals surface area (Å²) in [5.74, 6) is -0.869. The number of aromatic nitrogens is 3. The minimum atomic E-state index is -4.96. The molecule has 1 aromatic carbocycles. The number of morpholine rings is 1. The number of pyridine rings is 1. The highest BCUT2D eigenvalue weighted by atomic mass is 35.5. The van der Waals surface area contributed by atoms with Crippen LogP contribution in [0.1, 0.15) is 52.0 Å². The smallest absolute Gasteiger partial charge is 0.418 e. The molecule has 4 fully saturated rings. The zero-order valence-electron chi connectivity index (χ0n) is 29.8. The third-order valence-corrected chi connectivity index (χ3v) is 11.4. The Morgan fingerprint density at radius 2 is 1.92 bits per heavy atom. The largest absolute Gasteiger partial charge is 0.472 e. The molecule has 4 atom stereocenters. The maximum atomic E-state index is 17.0. The van der Waals surface area contributed by atoms with Crippen molar-refractivity contribution < 1.29 is 36.6 Å². The fourth-order valence-electron chi connectivity index (χ4n) is 8.45. The number of hydrogen-bond donors (Lipinski definition) is 1. The molecule has 4 aliphatic heterocycles. The number of nitrogen functional groups attached to an aromatic ring is 1. The van der Waals surface area contributed by atoms with Gasteiger partial charge in [-0.2, -0.15) is 23.1 Å². The maximum Gasteiger partial charge on any atom is 0.418 e. The lowest BCUT2D eigenvalue weighted by Crippen LogP contribution is -2.64. The monoisotopic (exact) mass is 759 g/mol. The molecule has 5 aliphatic rings. The average Bonchev–Trinajstić information content (AvgIpc) is 3.81. The summed E-state index contributed by atoms with van der Waals surface area (Å²) >= 11 is 6.10. The summed E-state index contributed by atoms with van der Waals surface area (Å²) in [5, 5.41) is -0.578. The van der Waals surface area contributed by atoms with E-state index in [0.29, 0.717) is 32.0 Å². The summed E-state index contributed by atoms with van der Waals surface area (Å²) in [7, 11) is 0. The summed E-state index contributed by atoms with van der Waals surface area (Å²) < 4.78 is 78.8. The Balaban J connectivity index is 1.25. The number of allylic oxidation sites excluding steroid dienone is 1. The van der Waals surface area contributed by atoms with Gasteiger partial charge in [0, 0.05) is 42.8 Å². The maximum absolute atomic E-state index is 17.0. The first-order valence-corrected chi connectivity index (χ1v) is 18.6. The Kier molecular flexibility index (Phi) is 9.12. The van der Waals surface area contributed by atoms with Gasteiger partial charge in [-0.25, -0.2) is 9.37 Å². The van der Waals surface area contributed by atoms with E-state index < -0.39 is 46.0 Å². The van der Waals surface area contributed by atoms with E-state index >= 15 is 4.39 Å². The second-order valence-corrected chi connectivity index (χ2v) is 15.8. The number of carbonyl (C=O) groups is 1. The number of ether oxygens (including phenoxy) is 3. The fourth-order valence-corrected chi connectivity index (χ4v) is 8.78. The Morgan fingerprint density at radius 3 is 2.62 bits per heavy atom. The SMILES string of the molecule is CC(C)/C=C\C(=O)N1[C@@H]2CC[C@H]1[C@H]1[C@H](C)Oc3nc(-c4cc(N)cc(Cl)c4C(F)(F)F)c(F)c4nc(OCC5(CN6CCOCC6)CC5)nc(c34)N1C2. The number of amides is 1. The number of hydrogen-bond acceptors (Lipinski definition) is 10. The molecule has 3 aromatic rings. The van der Waals surface area contributed by atoms with Crippen LogP contribution in [0.3, 0.4) is 0 Å². The molecule has 284 valence electrons. The fraction of sp³-hybridized carbons (Fsp3) is 0.568. The molecule has 2 aromatic heterocycles. The van der Waals surface area contributed by atoms with Crippen LogP contribution in [0.4, 0.5) is 29.1 Å². The van der Waals surface area contributed by atoms with Crippen LogP contribution >= 0.6 is 11.6 Å². The van der Waals surface area contributed by atoms with Crippen LogP contribution in [-0.4, -0.2) is 101 Å². The number of nitrogens with zero attached hydrogens (tertiary/aromatic N) is 6. The van der Waals surface area contributed by atoms with Crippen molar-refractivity contribution in [1.29, 1.82) is 0 Å². The molecule has 0 unspecified atom stereocenters. The molecular formula is C37H42ClF4N7O4. The second kappa shape index (κ2) is 13.4. The van der Waals surface area contributed by atoms with Crippen LogP contribution < -0.4 is 20.1 Å². The Morgan fingerprint density at radius 1 is 1.17 bits per heavy atom. The van der Waals surface area contributed by atoms with Gasteiger partial charge in [0.25, 0.3) is 0 Å². The van der Waals surface area contributed by atoms with E-state index in [1.165, 1.54) is 0 Å². The number of nitrogens with two attached hydrogens (primary N) is 1. The first-order chi connectivity index (χ1) is 25.2. The van der Waals surface area contributed by atoms with Crippen molar-refractivity contribution in [3.8, 4) is 23.1 Å². The van der Waals surface area contributed by atoms with E-state index in [9.17, 15) is 18.0 Å². The molecule has 2 bridgehead atoms. The van der Waals surface area contributed by atoms with Gasteiger partial charge < -0.3 is 29.7 Å². The second-order valence-electron chi connectivity index (χ2n) is 15.3. The van der Waals surface area contributed by atoms with Crippen molar-refractivity contribution in [3.05, 3.63) is 40.7 Å². The summed E-state index contributed by atoms with van der Waals surface area (Å²) in [4.78, 5) is 33.7. The molecule has 8 rings (SSSR count). The predicted octanol–water partition coefficient (Wildman–Crippen LogP) is 6.12. The molecule has 2 N–H and O–H groups in total. The van der Waals surface area contributed by atoms with Crippen molar-refractivity contribution in [1.82, 2.24) is 24.8 Å². The standard InChI is InChI=1S/C37H42ClF4N7O4/c1-19(2)4-7-26(50)49-22-5-6-25(49)32-20(3)53-34-27-31(29(39)30(44-34)23-14-21(43)15-24(38)28(23)37(40,41)42)45-35(46-33(27)48(32)16-22)52-18-36(8-9-36)17-47-10-12-51-13-11-47/h4,7,14-15,19-20,22,25,32H,5-6,8-13,16-18,43H2,1-3H3/b7-4-/t20-,22+,25-,32+/m0/s1. The number of halogens is 5. The number of alkyl halides is 3. The molecule has 3 saturated heterocycles. The van der Waals surface area contributed by atoms with Crippen molar-refractivity contribution >= 4 is 39.9 Å². The van der Waals surface area contributed by atoms with Crippen LogP contribution in [-0.2, 0) is 15.7 Å². The number of piperazine rings is 1. The highest BCUT2D eigenvalue weighted by Crippen LogP contribution is 2.50. The van der Waals surface area contributed by atoms with Gasteiger partial charge in [0.05, 0.1) is 48.5 Å². The number of benzene rings is 1. The zero-order chi connectivity index (χ0) is 37.4. The summed E-state index contributed by atoms with van der Waals surface area (Å²) in [5.41, 5.74) is 2.83. The van der Waals surface area contributed by atoms with Gasteiger partial charge in [-0.1, -0.05) is 31.5 Å². The third-order valence-electron chi connectivity index (χ3n) is 11.1. The van der Waals surface area contributed by atoms with Crippen molar-refractivity contribution in [2.75, 3.05) is 56.6 Å². The minimum Gasteiger partial charge on any atom is -0.472 e. The summed E-state index contributed by atoms with van der Waals surface area (Å²) in [6.45, 7) is 10.2. The first-order valence-electron chi connectivity index (χ1n) is 18.2. The van der Waals surface area contributed by atoms with Gasteiger partial charge >= 0.3 is 12.2 Å². The molecule has 6 heterocycles. The van der Waals surface area contributed by atoms with Crippen LogP contribution in [0.25, 0.3) is 22.2 Å². The quantitative estimate of drug-likeness (QED) is 0.164.